The van der Waals surface area contributed by atoms with Gasteiger partial charge in [-0.1, -0.05) is 32.6 Å². The highest BCUT2D eigenvalue weighted by Gasteiger charge is 2.20. The van der Waals surface area contributed by atoms with Crippen LogP contribution in [0.3, 0.4) is 0 Å². The van der Waals surface area contributed by atoms with Crippen molar-refractivity contribution in [2.24, 2.45) is 0 Å². The highest BCUT2D eigenvalue weighted by molar-refractivity contribution is 5.29. The molecule has 0 saturated carbocycles. The molecule has 0 spiro atoms. The highest BCUT2D eigenvalue weighted by atomic mass is 15.4. The predicted octanol–water partition coefficient (Wildman–Crippen LogP) is 2.51. The van der Waals surface area contributed by atoms with Crippen molar-refractivity contribution in [1.82, 2.24) is 20.5 Å². The van der Waals surface area contributed by atoms with E-state index in [0.717, 1.165) is 31.3 Å². The molecule has 1 saturated heterocycles. The third-order valence-electron chi connectivity index (χ3n) is 4.22. The van der Waals surface area contributed by atoms with E-state index in [4.69, 9.17) is 0 Å². The maximum absolute atomic E-state index is 4.64. The minimum absolute atomic E-state index is 0.656. The average Bonchev–Trinajstić information content (AvgIpc) is 2.96. The summed E-state index contributed by atoms with van der Waals surface area (Å²) in [6.07, 6.45) is 9.90. The van der Waals surface area contributed by atoms with E-state index in [1.807, 2.05) is 7.05 Å². The van der Waals surface area contributed by atoms with E-state index >= 15 is 0 Å². The smallest absolute Gasteiger partial charge is 0.244 e. The topological polar surface area (TPSA) is 56.8 Å². The van der Waals surface area contributed by atoms with Crippen LogP contribution in [0.25, 0.3) is 0 Å². The van der Waals surface area contributed by atoms with Crippen molar-refractivity contribution in [3.8, 4) is 0 Å². The Labute approximate surface area is 122 Å². The molecule has 0 aromatic carbocycles. The summed E-state index contributed by atoms with van der Waals surface area (Å²) in [6, 6.07) is 0.656. The van der Waals surface area contributed by atoms with Crippen LogP contribution in [0.1, 0.15) is 57.7 Å². The van der Waals surface area contributed by atoms with Crippen LogP contribution in [-0.2, 0) is 6.42 Å². The molecule has 20 heavy (non-hydrogen) atoms. The van der Waals surface area contributed by atoms with Crippen LogP contribution in [0.4, 0.5) is 5.95 Å². The van der Waals surface area contributed by atoms with Crippen molar-refractivity contribution in [1.29, 1.82) is 0 Å². The average molecular weight is 279 g/mol. The van der Waals surface area contributed by atoms with Crippen LogP contribution in [0.15, 0.2) is 0 Å². The van der Waals surface area contributed by atoms with Gasteiger partial charge in [0.05, 0.1) is 0 Å². The number of H-pyrrole nitrogens is 1. The lowest BCUT2D eigenvalue weighted by molar-refractivity contribution is 0.439. The fourth-order valence-electron chi connectivity index (χ4n) is 2.80. The van der Waals surface area contributed by atoms with Gasteiger partial charge in [0, 0.05) is 25.6 Å². The Morgan fingerprint density at radius 3 is 2.65 bits per heavy atom. The number of aryl methyl sites for hydroxylation is 1. The van der Waals surface area contributed by atoms with E-state index in [-0.39, 0.29) is 0 Å². The molecule has 5 heteroatoms. The second-order valence-electron chi connectivity index (χ2n) is 5.80. The van der Waals surface area contributed by atoms with Crippen LogP contribution in [0, 0.1) is 0 Å². The molecule has 1 aliphatic heterocycles. The van der Waals surface area contributed by atoms with Gasteiger partial charge >= 0.3 is 0 Å². The molecule has 1 aromatic rings. The molecule has 2 N–H and O–H groups in total. The molecule has 0 amide bonds. The second kappa shape index (κ2) is 8.25. The Morgan fingerprint density at radius 1 is 1.20 bits per heavy atom. The van der Waals surface area contributed by atoms with Crippen molar-refractivity contribution in [3.05, 3.63) is 5.82 Å². The van der Waals surface area contributed by atoms with Crippen molar-refractivity contribution in [2.75, 3.05) is 25.0 Å². The molecule has 1 aromatic heterocycles. The van der Waals surface area contributed by atoms with E-state index in [1.165, 1.54) is 44.9 Å². The van der Waals surface area contributed by atoms with Crippen molar-refractivity contribution in [3.63, 3.8) is 0 Å². The summed E-state index contributed by atoms with van der Waals surface area (Å²) in [5.74, 6) is 1.94. The zero-order chi connectivity index (χ0) is 14.2. The van der Waals surface area contributed by atoms with Gasteiger partial charge in [0.25, 0.3) is 0 Å². The Bertz CT molecular complexity index is 368. The van der Waals surface area contributed by atoms with Gasteiger partial charge < -0.3 is 10.2 Å². The summed E-state index contributed by atoms with van der Waals surface area (Å²) in [4.78, 5) is 6.94. The van der Waals surface area contributed by atoms with Crippen molar-refractivity contribution >= 4 is 5.95 Å². The minimum Gasteiger partial charge on any atom is -0.339 e. The number of rotatable bonds is 8. The summed E-state index contributed by atoms with van der Waals surface area (Å²) < 4.78 is 0. The number of hydrogen-bond donors (Lipinski definition) is 2. The third kappa shape index (κ3) is 4.47. The van der Waals surface area contributed by atoms with Crippen LogP contribution in [-0.4, -0.2) is 41.4 Å². The first kappa shape index (κ1) is 15.3. The summed E-state index contributed by atoms with van der Waals surface area (Å²) in [5.41, 5.74) is 0. The second-order valence-corrected chi connectivity index (χ2v) is 5.80. The van der Waals surface area contributed by atoms with Gasteiger partial charge in [-0.25, -0.2) is 0 Å². The molecule has 0 bridgehead atoms. The SMILES string of the molecule is CCCCCCCc1nc(N2CCC(NC)CC2)n[nH]1. The van der Waals surface area contributed by atoms with E-state index < -0.39 is 0 Å². The first-order valence-electron chi connectivity index (χ1n) is 8.17. The Morgan fingerprint density at radius 2 is 1.95 bits per heavy atom. The van der Waals surface area contributed by atoms with Crippen molar-refractivity contribution < 1.29 is 0 Å². The summed E-state index contributed by atoms with van der Waals surface area (Å²) >= 11 is 0. The molecule has 1 fully saturated rings. The fourth-order valence-corrected chi connectivity index (χ4v) is 2.80. The van der Waals surface area contributed by atoms with Crippen LogP contribution >= 0.6 is 0 Å². The van der Waals surface area contributed by atoms with Crippen LogP contribution in [0.5, 0.6) is 0 Å². The van der Waals surface area contributed by atoms with Gasteiger partial charge in [0.1, 0.15) is 5.82 Å². The number of nitrogens with zero attached hydrogens (tertiary/aromatic N) is 3. The van der Waals surface area contributed by atoms with Gasteiger partial charge in [-0.15, -0.1) is 5.10 Å². The standard InChI is InChI=1S/C15H29N5/c1-3-4-5-6-7-8-14-17-15(19-18-14)20-11-9-13(16-2)10-12-20/h13,16H,3-12H2,1-2H3,(H,17,18,19). The molecule has 0 unspecified atom stereocenters. The van der Waals surface area contributed by atoms with Crippen molar-refractivity contribution in [2.45, 2.75) is 64.3 Å². The lowest BCUT2D eigenvalue weighted by Crippen LogP contribution is -2.41. The molecule has 0 aliphatic carbocycles. The molecule has 0 radical (unpaired) electrons. The number of anilines is 1. The largest absolute Gasteiger partial charge is 0.339 e. The maximum Gasteiger partial charge on any atom is 0.244 e. The summed E-state index contributed by atoms with van der Waals surface area (Å²) in [7, 11) is 2.05. The monoisotopic (exact) mass is 279 g/mol. The predicted molar refractivity (Wildman–Crippen MR) is 83.1 cm³/mol. The molecule has 0 atom stereocenters. The van der Waals surface area contributed by atoms with Gasteiger partial charge in [0.15, 0.2) is 0 Å². The van der Waals surface area contributed by atoms with Gasteiger partial charge in [-0.2, -0.15) is 4.98 Å². The molecule has 5 nitrogen and oxygen atoms in total. The fraction of sp³-hybridized carbons (Fsp3) is 0.867. The normalized spacial score (nSPS) is 16.8. The molecular weight excluding hydrogens is 250 g/mol. The van der Waals surface area contributed by atoms with E-state index in [0.29, 0.717) is 6.04 Å². The van der Waals surface area contributed by atoms with Gasteiger partial charge in [-0.3, -0.25) is 5.10 Å². The first-order chi connectivity index (χ1) is 9.83. The number of nitrogens with one attached hydrogen (secondary N) is 2. The molecule has 2 heterocycles. The molecule has 1 aliphatic rings. The zero-order valence-corrected chi connectivity index (χ0v) is 13.0. The molecule has 114 valence electrons. The first-order valence-corrected chi connectivity index (χ1v) is 8.17. The Balaban J connectivity index is 1.72. The number of aromatic amines is 1. The van der Waals surface area contributed by atoms with Gasteiger partial charge in [-0.05, 0) is 26.3 Å². The van der Waals surface area contributed by atoms with Crippen LogP contribution < -0.4 is 10.2 Å². The third-order valence-corrected chi connectivity index (χ3v) is 4.22. The zero-order valence-electron chi connectivity index (χ0n) is 13.0. The number of aromatic nitrogens is 3. The summed E-state index contributed by atoms with van der Waals surface area (Å²) in [5, 5.41) is 10.8. The lowest BCUT2D eigenvalue weighted by Gasteiger charge is -2.30. The van der Waals surface area contributed by atoms with Crippen LogP contribution in [0.2, 0.25) is 0 Å². The Hall–Kier alpha value is -1.10. The highest BCUT2D eigenvalue weighted by Crippen LogP contribution is 2.16. The number of hydrogen-bond acceptors (Lipinski definition) is 4. The molecular formula is C15H29N5. The maximum atomic E-state index is 4.64. The summed E-state index contributed by atoms with van der Waals surface area (Å²) in [6.45, 7) is 4.36. The van der Waals surface area contributed by atoms with E-state index in [1.54, 1.807) is 0 Å². The number of piperidine rings is 1. The van der Waals surface area contributed by atoms with E-state index in [9.17, 15) is 0 Å². The Kier molecular flexibility index (Phi) is 6.30. The minimum atomic E-state index is 0.656. The molecule has 2 rings (SSSR count). The van der Waals surface area contributed by atoms with E-state index in [2.05, 4.69) is 32.3 Å². The quantitative estimate of drug-likeness (QED) is 0.718. The van der Waals surface area contributed by atoms with Gasteiger partial charge in [0.2, 0.25) is 5.95 Å². The lowest BCUT2D eigenvalue weighted by atomic mass is 10.1. The number of unbranched alkanes of at least 4 members (excludes halogenated alkanes) is 4.